The third-order valence-electron chi connectivity index (χ3n) is 2.20. The van der Waals surface area contributed by atoms with Crippen molar-refractivity contribution in [2.75, 3.05) is 0 Å². The SMILES string of the molecule is CC(=O)c1cccnc1Oc1cc(F)cc(Br)c1. The Balaban J connectivity index is 2.37. The van der Waals surface area contributed by atoms with Crippen LogP contribution in [0.3, 0.4) is 0 Å². The lowest BCUT2D eigenvalue weighted by atomic mass is 10.2. The van der Waals surface area contributed by atoms with Crippen molar-refractivity contribution in [3.8, 4) is 11.6 Å². The van der Waals surface area contributed by atoms with Crippen molar-refractivity contribution < 1.29 is 13.9 Å². The summed E-state index contributed by atoms with van der Waals surface area (Å²) in [5.41, 5.74) is 0.359. The van der Waals surface area contributed by atoms with Crippen LogP contribution in [0.25, 0.3) is 0 Å². The molecule has 0 unspecified atom stereocenters. The number of benzene rings is 1. The Hall–Kier alpha value is -1.75. The maximum absolute atomic E-state index is 13.2. The zero-order valence-electron chi connectivity index (χ0n) is 9.48. The molecule has 0 aliphatic heterocycles. The number of carbonyl (C=O) groups excluding carboxylic acids is 1. The molecular weight excluding hydrogens is 301 g/mol. The molecule has 0 aliphatic carbocycles. The second-order valence-electron chi connectivity index (χ2n) is 3.62. The molecule has 18 heavy (non-hydrogen) atoms. The maximum Gasteiger partial charge on any atom is 0.230 e. The molecule has 2 aromatic rings. The number of carbonyl (C=O) groups is 1. The number of nitrogens with zero attached hydrogens (tertiary/aromatic N) is 1. The first-order valence-corrected chi connectivity index (χ1v) is 5.95. The van der Waals surface area contributed by atoms with Gasteiger partial charge in [-0.15, -0.1) is 0 Å². The van der Waals surface area contributed by atoms with Gasteiger partial charge in [-0.1, -0.05) is 15.9 Å². The minimum Gasteiger partial charge on any atom is -0.438 e. The highest BCUT2D eigenvalue weighted by atomic mass is 79.9. The first-order chi connectivity index (χ1) is 8.56. The Bertz CT molecular complexity index is 581. The van der Waals surface area contributed by atoms with E-state index in [-0.39, 0.29) is 17.4 Å². The largest absolute Gasteiger partial charge is 0.438 e. The summed E-state index contributed by atoms with van der Waals surface area (Å²) in [5, 5.41) is 0. The minimum absolute atomic E-state index is 0.159. The predicted molar refractivity (Wildman–Crippen MR) is 68.4 cm³/mol. The number of Topliss-reactive ketones (excluding diaryl/α,β-unsaturated/α-hetero) is 1. The van der Waals surface area contributed by atoms with Crippen LogP contribution in [0.1, 0.15) is 17.3 Å². The quantitative estimate of drug-likeness (QED) is 0.805. The number of aromatic nitrogens is 1. The number of halogens is 2. The highest BCUT2D eigenvalue weighted by Crippen LogP contribution is 2.26. The summed E-state index contributed by atoms with van der Waals surface area (Å²) in [4.78, 5) is 15.4. The van der Waals surface area contributed by atoms with Crippen LogP contribution in [0.15, 0.2) is 41.0 Å². The van der Waals surface area contributed by atoms with Gasteiger partial charge in [0.2, 0.25) is 5.88 Å². The molecule has 0 amide bonds. The molecule has 1 aromatic carbocycles. The van der Waals surface area contributed by atoms with Crippen molar-refractivity contribution in [2.45, 2.75) is 6.92 Å². The Morgan fingerprint density at radius 3 is 2.83 bits per heavy atom. The molecule has 3 nitrogen and oxygen atoms in total. The molecule has 0 spiro atoms. The summed E-state index contributed by atoms with van der Waals surface area (Å²) in [6.07, 6.45) is 1.51. The van der Waals surface area contributed by atoms with E-state index in [2.05, 4.69) is 20.9 Å². The molecule has 0 N–H and O–H groups in total. The number of rotatable bonds is 3. The van der Waals surface area contributed by atoms with Gasteiger partial charge in [-0.2, -0.15) is 0 Å². The average Bonchev–Trinajstić information content (AvgIpc) is 2.27. The molecule has 0 saturated heterocycles. The maximum atomic E-state index is 13.2. The van der Waals surface area contributed by atoms with Crippen LogP contribution < -0.4 is 4.74 Å². The van der Waals surface area contributed by atoms with Gasteiger partial charge in [0.25, 0.3) is 0 Å². The van der Waals surface area contributed by atoms with E-state index in [4.69, 9.17) is 4.74 Å². The van der Waals surface area contributed by atoms with Crippen molar-refractivity contribution in [3.63, 3.8) is 0 Å². The lowest BCUT2D eigenvalue weighted by Gasteiger charge is -2.08. The first-order valence-electron chi connectivity index (χ1n) is 5.16. The zero-order chi connectivity index (χ0) is 13.1. The molecule has 1 aromatic heterocycles. The van der Waals surface area contributed by atoms with Crippen LogP contribution >= 0.6 is 15.9 Å². The molecule has 0 radical (unpaired) electrons. The smallest absolute Gasteiger partial charge is 0.230 e. The van der Waals surface area contributed by atoms with E-state index in [1.807, 2.05) is 0 Å². The van der Waals surface area contributed by atoms with Crippen molar-refractivity contribution in [1.82, 2.24) is 4.98 Å². The van der Waals surface area contributed by atoms with E-state index in [0.717, 1.165) is 0 Å². The molecule has 0 aliphatic rings. The minimum atomic E-state index is -0.431. The number of hydrogen-bond donors (Lipinski definition) is 0. The van der Waals surface area contributed by atoms with E-state index in [1.54, 1.807) is 18.2 Å². The average molecular weight is 310 g/mol. The molecule has 0 saturated carbocycles. The number of pyridine rings is 1. The Morgan fingerprint density at radius 1 is 1.39 bits per heavy atom. The third-order valence-corrected chi connectivity index (χ3v) is 2.66. The van der Waals surface area contributed by atoms with E-state index >= 15 is 0 Å². The summed E-state index contributed by atoms with van der Waals surface area (Å²) < 4.78 is 19.2. The van der Waals surface area contributed by atoms with E-state index < -0.39 is 5.82 Å². The summed E-state index contributed by atoms with van der Waals surface area (Å²) in [6, 6.07) is 7.40. The van der Waals surface area contributed by atoms with Gasteiger partial charge in [-0.3, -0.25) is 4.79 Å². The van der Waals surface area contributed by atoms with Gasteiger partial charge in [-0.25, -0.2) is 9.37 Å². The first kappa shape index (κ1) is 12.7. The fourth-order valence-corrected chi connectivity index (χ4v) is 1.88. The van der Waals surface area contributed by atoms with Gasteiger partial charge in [0.1, 0.15) is 11.6 Å². The number of ether oxygens (including phenoxy) is 1. The van der Waals surface area contributed by atoms with Gasteiger partial charge < -0.3 is 4.74 Å². The second-order valence-corrected chi connectivity index (χ2v) is 4.54. The second kappa shape index (κ2) is 5.27. The molecule has 0 atom stereocenters. The zero-order valence-corrected chi connectivity index (χ0v) is 11.1. The van der Waals surface area contributed by atoms with Gasteiger partial charge in [-0.05, 0) is 31.2 Å². The van der Waals surface area contributed by atoms with Crippen molar-refractivity contribution in [1.29, 1.82) is 0 Å². The Morgan fingerprint density at radius 2 is 2.17 bits per heavy atom. The summed E-state index contributed by atoms with van der Waals surface area (Å²) in [7, 11) is 0. The Kier molecular flexibility index (Phi) is 3.72. The fourth-order valence-electron chi connectivity index (χ4n) is 1.44. The predicted octanol–water partition coefficient (Wildman–Crippen LogP) is 3.98. The molecule has 2 rings (SSSR count). The highest BCUT2D eigenvalue weighted by molar-refractivity contribution is 9.10. The van der Waals surface area contributed by atoms with Crippen LogP contribution in [0.5, 0.6) is 11.6 Å². The molecule has 92 valence electrons. The van der Waals surface area contributed by atoms with E-state index in [9.17, 15) is 9.18 Å². The van der Waals surface area contributed by atoms with E-state index in [1.165, 1.54) is 25.3 Å². The van der Waals surface area contributed by atoms with Gasteiger partial charge in [0.15, 0.2) is 5.78 Å². The Labute approximate surface area is 112 Å². The van der Waals surface area contributed by atoms with Gasteiger partial charge in [0.05, 0.1) is 5.56 Å². The lowest BCUT2D eigenvalue weighted by molar-refractivity contribution is 0.101. The topological polar surface area (TPSA) is 39.2 Å². The molecular formula is C13H9BrFNO2. The number of ketones is 1. The van der Waals surface area contributed by atoms with Crippen molar-refractivity contribution in [2.24, 2.45) is 0 Å². The fraction of sp³-hybridized carbons (Fsp3) is 0.0769. The van der Waals surface area contributed by atoms with Gasteiger partial charge in [0, 0.05) is 16.7 Å². The van der Waals surface area contributed by atoms with Crippen LogP contribution in [0.4, 0.5) is 4.39 Å². The molecule has 1 heterocycles. The molecule has 5 heteroatoms. The van der Waals surface area contributed by atoms with Crippen molar-refractivity contribution in [3.05, 3.63) is 52.4 Å². The summed E-state index contributed by atoms with van der Waals surface area (Å²) in [6.45, 7) is 1.42. The van der Waals surface area contributed by atoms with Crippen LogP contribution in [-0.2, 0) is 0 Å². The molecule has 0 fully saturated rings. The highest BCUT2D eigenvalue weighted by Gasteiger charge is 2.10. The van der Waals surface area contributed by atoms with Crippen LogP contribution in [-0.4, -0.2) is 10.8 Å². The monoisotopic (exact) mass is 309 g/mol. The number of hydrogen-bond acceptors (Lipinski definition) is 3. The van der Waals surface area contributed by atoms with Crippen LogP contribution in [0.2, 0.25) is 0 Å². The normalized spacial score (nSPS) is 10.2. The van der Waals surface area contributed by atoms with Crippen molar-refractivity contribution >= 4 is 21.7 Å². The summed E-state index contributed by atoms with van der Waals surface area (Å²) in [5.74, 6) is -0.140. The van der Waals surface area contributed by atoms with Crippen LogP contribution in [0, 0.1) is 5.82 Å². The standard InChI is InChI=1S/C13H9BrFNO2/c1-8(17)12-3-2-4-16-13(12)18-11-6-9(14)5-10(15)7-11/h2-7H,1H3. The summed E-state index contributed by atoms with van der Waals surface area (Å²) >= 11 is 3.17. The van der Waals surface area contributed by atoms with E-state index in [0.29, 0.717) is 10.0 Å². The van der Waals surface area contributed by atoms with Gasteiger partial charge >= 0.3 is 0 Å². The molecule has 0 bridgehead atoms. The lowest BCUT2D eigenvalue weighted by Crippen LogP contribution is -1.99. The third kappa shape index (κ3) is 2.92.